The van der Waals surface area contributed by atoms with E-state index in [2.05, 4.69) is 15.3 Å². The average Bonchev–Trinajstić information content (AvgIpc) is 3.23. The summed E-state index contributed by atoms with van der Waals surface area (Å²) < 4.78 is 1.72. The highest BCUT2D eigenvalue weighted by atomic mass is 32.1. The van der Waals surface area contributed by atoms with Gasteiger partial charge in [-0.3, -0.25) is 4.79 Å². The molecule has 1 unspecified atom stereocenters. The molecular weight excluding hydrogens is 314 g/mol. The van der Waals surface area contributed by atoms with Gasteiger partial charge in [-0.15, -0.1) is 15.3 Å². The Bertz CT molecular complexity index is 845. The van der Waals surface area contributed by atoms with E-state index in [1.165, 1.54) is 0 Å². The summed E-state index contributed by atoms with van der Waals surface area (Å²) in [5.74, 6) is 0.396. The molecule has 0 bridgehead atoms. The minimum Gasteiger partial charge on any atom is -0.481 e. The van der Waals surface area contributed by atoms with Crippen LogP contribution in [0.15, 0.2) is 29.0 Å². The van der Waals surface area contributed by atoms with Crippen molar-refractivity contribution in [3.8, 4) is 11.4 Å². The van der Waals surface area contributed by atoms with E-state index in [9.17, 15) is 9.90 Å². The number of rotatable bonds is 3. The minimum atomic E-state index is -0.737. The average molecular weight is 329 g/mol. The normalized spacial score (nSPS) is 18.4. The van der Waals surface area contributed by atoms with Crippen LogP contribution >= 0.6 is 11.3 Å². The smallest absolute Gasteiger partial charge is 0.308 e. The molecule has 3 aromatic heterocycles. The van der Waals surface area contributed by atoms with Gasteiger partial charge in [0, 0.05) is 24.0 Å². The summed E-state index contributed by atoms with van der Waals surface area (Å²) >= 11 is 1.60. The fourth-order valence-electron chi connectivity index (χ4n) is 2.91. The first-order chi connectivity index (χ1) is 11.2. The summed E-state index contributed by atoms with van der Waals surface area (Å²) in [5.41, 5.74) is 1.66. The van der Waals surface area contributed by atoms with E-state index >= 15 is 0 Å². The highest BCUT2D eigenvalue weighted by Crippen LogP contribution is 2.24. The van der Waals surface area contributed by atoms with Crippen LogP contribution in [0.5, 0.6) is 0 Å². The summed E-state index contributed by atoms with van der Waals surface area (Å²) in [6, 6.07) is 5.73. The van der Waals surface area contributed by atoms with Crippen molar-refractivity contribution in [3.05, 3.63) is 29.0 Å². The number of thiophene rings is 1. The van der Waals surface area contributed by atoms with Gasteiger partial charge in [-0.1, -0.05) is 0 Å². The second-order valence-electron chi connectivity index (χ2n) is 5.62. The van der Waals surface area contributed by atoms with E-state index in [1.54, 1.807) is 15.9 Å². The Morgan fingerprint density at radius 3 is 3.00 bits per heavy atom. The third-order valence-electron chi connectivity index (χ3n) is 4.12. The van der Waals surface area contributed by atoms with Gasteiger partial charge in [-0.05, 0) is 36.4 Å². The predicted octanol–water partition coefficient (Wildman–Crippen LogP) is 2.15. The van der Waals surface area contributed by atoms with Crippen LogP contribution in [0, 0.1) is 5.92 Å². The molecule has 0 amide bonds. The van der Waals surface area contributed by atoms with Crippen molar-refractivity contribution in [1.82, 2.24) is 19.8 Å². The molecule has 0 saturated carbocycles. The molecule has 1 fully saturated rings. The molecule has 1 aliphatic rings. The van der Waals surface area contributed by atoms with Gasteiger partial charge in [0.2, 0.25) is 0 Å². The number of carbonyl (C=O) groups is 1. The van der Waals surface area contributed by atoms with Gasteiger partial charge in [-0.25, -0.2) is 0 Å². The molecule has 0 aliphatic carbocycles. The van der Waals surface area contributed by atoms with Gasteiger partial charge in [0.15, 0.2) is 11.5 Å². The number of aliphatic carboxylic acids is 1. The lowest BCUT2D eigenvalue weighted by Gasteiger charge is -2.31. The molecule has 0 radical (unpaired) electrons. The second kappa shape index (κ2) is 5.62. The van der Waals surface area contributed by atoms with Crippen LogP contribution in [0.2, 0.25) is 0 Å². The highest BCUT2D eigenvalue weighted by Gasteiger charge is 2.26. The first-order valence-corrected chi connectivity index (χ1v) is 8.39. The highest BCUT2D eigenvalue weighted by molar-refractivity contribution is 7.08. The summed E-state index contributed by atoms with van der Waals surface area (Å²) in [7, 11) is 0. The van der Waals surface area contributed by atoms with Gasteiger partial charge >= 0.3 is 5.97 Å². The van der Waals surface area contributed by atoms with Crippen molar-refractivity contribution in [2.45, 2.75) is 12.8 Å². The van der Waals surface area contributed by atoms with Crippen molar-refractivity contribution < 1.29 is 9.90 Å². The summed E-state index contributed by atoms with van der Waals surface area (Å²) in [4.78, 5) is 13.3. The molecule has 1 atom stereocenters. The van der Waals surface area contributed by atoms with E-state index in [0.29, 0.717) is 18.0 Å². The Kier molecular flexibility index (Phi) is 3.45. The van der Waals surface area contributed by atoms with Crippen molar-refractivity contribution in [2.24, 2.45) is 5.92 Å². The summed E-state index contributed by atoms with van der Waals surface area (Å²) in [5, 5.41) is 26.2. The van der Waals surface area contributed by atoms with E-state index in [4.69, 9.17) is 0 Å². The standard InChI is InChI=1S/C15H15N5O2S/c21-15(22)10-2-1-6-19(8-10)13-4-3-12-16-17-14(20(12)18-13)11-5-7-23-9-11/h3-5,7,9-10H,1-2,6,8H2,(H,21,22). The van der Waals surface area contributed by atoms with Crippen LogP contribution in [0.3, 0.4) is 0 Å². The molecule has 118 valence electrons. The molecule has 23 heavy (non-hydrogen) atoms. The van der Waals surface area contributed by atoms with Crippen LogP contribution in [0.4, 0.5) is 5.82 Å². The topological polar surface area (TPSA) is 83.6 Å². The third-order valence-corrected chi connectivity index (χ3v) is 4.81. The maximum atomic E-state index is 11.2. The monoisotopic (exact) mass is 329 g/mol. The fourth-order valence-corrected chi connectivity index (χ4v) is 3.54. The number of fused-ring (bicyclic) bond motifs is 1. The Morgan fingerprint density at radius 2 is 2.22 bits per heavy atom. The van der Waals surface area contributed by atoms with Crippen molar-refractivity contribution in [1.29, 1.82) is 0 Å². The van der Waals surface area contributed by atoms with Crippen LogP contribution in [-0.2, 0) is 4.79 Å². The van der Waals surface area contributed by atoms with Gasteiger partial charge in [0.25, 0.3) is 0 Å². The third kappa shape index (κ3) is 2.55. The number of carboxylic acids is 1. The van der Waals surface area contributed by atoms with E-state index < -0.39 is 5.97 Å². The van der Waals surface area contributed by atoms with Gasteiger partial charge in [0.1, 0.15) is 5.82 Å². The van der Waals surface area contributed by atoms with E-state index in [0.717, 1.165) is 30.8 Å². The number of piperidine rings is 1. The van der Waals surface area contributed by atoms with E-state index in [1.807, 2.05) is 33.9 Å². The Balaban J connectivity index is 1.71. The van der Waals surface area contributed by atoms with Gasteiger partial charge in [0.05, 0.1) is 5.92 Å². The quantitative estimate of drug-likeness (QED) is 0.793. The molecule has 0 spiro atoms. The van der Waals surface area contributed by atoms with Crippen LogP contribution < -0.4 is 4.90 Å². The second-order valence-corrected chi connectivity index (χ2v) is 6.40. The fraction of sp³-hybridized carbons (Fsp3) is 0.333. The molecule has 1 saturated heterocycles. The molecule has 1 N–H and O–H groups in total. The van der Waals surface area contributed by atoms with Gasteiger partial charge in [-0.2, -0.15) is 15.9 Å². The zero-order chi connectivity index (χ0) is 15.8. The zero-order valence-corrected chi connectivity index (χ0v) is 13.1. The number of carboxylic acid groups (broad SMARTS) is 1. The van der Waals surface area contributed by atoms with Crippen molar-refractivity contribution in [3.63, 3.8) is 0 Å². The molecule has 4 heterocycles. The van der Waals surface area contributed by atoms with E-state index in [-0.39, 0.29) is 5.92 Å². The van der Waals surface area contributed by atoms with Crippen molar-refractivity contribution in [2.75, 3.05) is 18.0 Å². The number of aromatic nitrogens is 4. The maximum absolute atomic E-state index is 11.2. The van der Waals surface area contributed by atoms with Crippen LogP contribution in [0.25, 0.3) is 17.0 Å². The Morgan fingerprint density at radius 1 is 1.30 bits per heavy atom. The number of hydrogen-bond donors (Lipinski definition) is 1. The minimum absolute atomic E-state index is 0.335. The first kappa shape index (κ1) is 14.1. The maximum Gasteiger partial charge on any atom is 0.308 e. The lowest BCUT2D eigenvalue weighted by atomic mass is 9.98. The summed E-state index contributed by atoms with van der Waals surface area (Å²) in [6.07, 6.45) is 1.58. The van der Waals surface area contributed by atoms with Crippen LogP contribution in [0.1, 0.15) is 12.8 Å². The Labute approximate surface area is 136 Å². The summed E-state index contributed by atoms with van der Waals surface area (Å²) in [6.45, 7) is 1.31. The Hall–Kier alpha value is -2.48. The SMILES string of the molecule is O=C(O)C1CCCN(c2ccc3nnc(-c4ccsc4)n3n2)C1. The lowest BCUT2D eigenvalue weighted by Crippen LogP contribution is -2.39. The first-order valence-electron chi connectivity index (χ1n) is 7.45. The molecule has 3 aromatic rings. The molecular formula is C15H15N5O2S. The molecule has 4 rings (SSSR count). The van der Waals surface area contributed by atoms with Crippen LogP contribution in [-0.4, -0.2) is 44.0 Å². The molecule has 7 nitrogen and oxygen atoms in total. The number of anilines is 1. The lowest BCUT2D eigenvalue weighted by molar-refractivity contribution is -0.141. The number of nitrogens with zero attached hydrogens (tertiary/aromatic N) is 5. The molecule has 8 heteroatoms. The zero-order valence-electron chi connectivity index (χ0n) is 12.3. The van der Waals surface area contributed by atoms with Gasteiger partial charge < -0.3 is 10.0 Å². The molecule has 0 aromatic carbocycles. The molecule has 1 aliphatic heterocycles. The number of hydrogen-bond acceptors (Lipinski definition) is 6. The van der Waals surface area contributed by atoms with Crippen molar-refractivity contribution >= 4 is 28.8 Å². The largest absolute Gasteiger partial charge is 0.481 e. The predicted molar refractivity (Wildman–Crippen MR) is 86.7 cm³/mol.